The number of methoxy groups -OCH3 is 1. The minimum atomic E-state index is -0.368. The van der Waals surface area contributed by atoms with E-state index in [1.807, 2.05) is 31.2 Å². The van der Waals surface area contributed by atoms with Crippen molar-refractivity contribution in [2.24, 2.45) is 0 Å². The number of carbonyl (C=O) groups excluding carboxylic acids is 2. The minimum Gasteiger partial charge on any atom is -0.497 e. The van der Waals surface area contributed by atoms with Crippen molar-refractivity contribution in [3.8, 4) is 11.5 Å². The first-order valence-electron chi connectivity index (χ1n) is 8.49. The Hall–Kier alpha value is -2.24. The summed E-state index contributed by atoms with van der Waals surface area (Å²) in [7, 11) is 1.62. The Balaban J connectivity index is 1.50. The fraction of sp³-hybridized carbons (Fsp3) is 0.556. The zero-order valence-corrected chi connectivity index (χ0v) is 14.2. The molecule has 0 aliphatic carbocycles. The van der Waals surface area contributed by atoms with Gasteiger partial charge in [-0.05, 0) is 50.5 Å². The number of ether oxygens (including phenoxy) is 2. The largest absolute Gasteiger partial charge is 0.497 e. The van der Waals surface area contributed by atoms with Gasteiger partial charge in [0.25, 0.3) is 0 Å². The molecule has 130 valence electrons. The van der Waals surface area contributed by atoms with Crippen LogP contribution in [0.5, 0.6) is 11.5 Å². The zero-order valence-electron chi connectivity index (χ0n) is 14.2. The van der Waals surface area contributed by atoms with E-state index in [0.717, 1.165) is 24.3 Å². The lowest BCUT2D eigenvalue weighted by Crippen LogP contribution is -2.61. The van der Waals surface area contributed by atoms with Crippen LogP contribution in [0.3, 0.4) is 0 Å². The SMILES string of the molecule is COc1ccc(OCCCN2C(=O)[C@@H]3CCCN3C(=O)[C@@H]2C)cc1. The van der Waals surface area contributed by atoms with Gasteiger partial charge in [0.15, 0.2) is 0 Å². The number of hydrogen-bond donors (Lipinski definition) is 0. The molecule has 2 aliphatic heterocycles. The average molecular weight is 332 g/mol. The number of benzene rings is 1. The molecule has 2 fully saturated rings. The van der Waals surface area contributed by atoms with Gasteiger partial charge < -0.3 is 19.3 Å². The highest BCUT2D eigenvalue weighted by Gasteiger charge is 2.45. The lowest BCUT2D eigenvalue weighted by Gasteiger charge is -2.40. The smallest absolute Gasteiger partial charge is 0.246 e. The maximum atomic E-state index is 12.6. The third kappa shape index (κ3) is 3.18. The molecule has 0 aromatic heterocycles. The molecule has 3 rings (SSSR count). The van der Waals surface area contributed by atoms with E-state index in [0.29, 0.717) is 26.1 Å². The van der Waals surface area contributed by atoms with E-state index in [4.69, 9.17) is 9.47 Å². The summed E-state index contributed by atoms with van der Waals surface area (Å²) in [6, 6.07) is 6.79. The predicted octanol–water partition coefficient (Wildman–Crippen LogP) is 1.69. The molecule has 2 saturated heterocycles. The lowest BCUT2D eigenvalue weighted by atomic mass is 10.1. The summed E-state index contributed by atoms with van der Waals surface area (Å²) in [5.74, 6) is 1.72. The first-order valence-corrected chi connectivity index (χ1v) is 8.49. The Morgan fingerprint density at radius 1 is 1.12 bits per heavy atom. The van der Waals surface area contributed by atoms with Crippen LogP contribution < -0.4 is 9.47 Å². The molecule has 6 heteroatoms. The summed E-state index contributed by atoms with van der Waals surface area (Å²) in [5, 5.41) is 0. The summed E-state index contributed by atoms with van der Waals surface area (Å²) >= 11 is 0. The van der Waals surface area contributed by atoms with Gasteiger partial charge in [-0.1, -0.05) is 0 Å². The lowest BCUT2D eigenvalue weighted by molar-refractivity contribution is -0.158. The van der Waals surface area contributed by atoms with Crippen LogP contribution >= 0.6 is 0 Å². The molecule has 0 unspecified atom stereocenters. The molecule has 0 saturated carbocycles. The molecular formula is C18H24N2O4. The molecule has 24 heavy (non-hydrogen) atoms. The quantitative estimate of drug-likeness (QED) is 0.744. The number of hydrogen-bond acceptors (Lipinski definition) is 4. The van der Waals surface area contributed by atoms with E-state index in [1.54, 1.807) is 16.9 Å². The predicted molar refractivity (Wildman–Crippen MR) is 89.0 cm³/mol. The van der Waals surface area contributed by atoms with Crippen molar-refractivity contribution in [3.63, 3.8) is 0 Å². The van der Waals surface area contributed by atoms with Gasteiger partial charge in [0, 0.05) is 13.1 Å². The van der Waals surface area contributed by atoms with Crippen molar-refractivity contribution < 1.29 is 19.1 Å². The van der Waals surface area contributed by atoms with Crippen molar-refractivity contribution in [3.05, 3.63) is 24.3 Å². The van der Waals surface area contributed by atoms with Gasteiger partial charge in [-0.3, -0.25) is 9.59 Å². The van der Waals surface area contributed by atoms with Gasteiger partial charge in [0.05, 0.1) is 13.7 Å². The second-order valence-electron chi connectivity index (χ2n) is 6.27. The third-order valence-corrected chi connectivity index (χ3v) is 4.80. The Bertz CT molecular complexity index is 602. The van der Waals surface area contributed by atoms with Crippen molar-refractivity contribution in [2.75, 3.05) is 26.8 Å². The van der Waals surface area contributed by atoms with Crippen LogP contribution in [0, 0.1) is 0 Å². The van der Waals surface area contributed by atoms with Gasteiger partial charge in [-0.25, -0.2) is 0 Å². The molecule has 2 heterocycles. The number of rotatable bonds is 6. The summed E-state index contributed by atoms with van der Waals surface area (Å²) in [6.07, 6.45) is 2.40. The van der Waals surface area contributed by atoms with E-state index in [2.05, 4.69) is 0 Å². The molecule has 2 atom stereocenters. The molecule has 2 aliphatic rings. The number of fused-ring (bicyclic) bond motifs is 1. The zero-order chi connectivity index (χ0) is 17.1. The molecule has 1 aromatic rings. The van der Waals surface area contributed by atoms with E-state index in [1.165, 1.54) is 0 Å². The van der Waals surface area contributed by atoms with Crippen LogP contribution in [0.4, 0.5) is 0 Å². The van der Waals surface area contributed by atoms with Crippen LogP contribution in [-0.2, 0) is 9.59 Å². The topological polar surface area (TPSA) is 59.1 Å². The molecule has 1 aromatic carbocycles. The van der Waals surface area contributed by atoms with Gasteiger partial charge in [-0.2, -0.15) is 0 Å². The normalized spacial score (nSPS) is 23.4. The Kier molecular flexibility index (Phi) is 4.92. The average Bonchev–Trinajstić information content (AvgIpc) is 3.10. The number of carbonyl (C=O) groups is 2. The number of nitrogens with zero attached hydrogens (tertiary/aromatic N) is 2. The first kappa shape index (κ1) is 16.6. The fourth-order valence-corrected chi connectivity index (χ4v) is 3.44. The molecule has 0 spiro atoms. The monoisotopic (exact) mass is 332 g/mol. The van der Waals surface area contributed by atoms with Crippen molar-refractivity contribution in [1.82, 2.24) is 9.80 Å². The van der Waals surface area contributed by atoms with E-state index in [9.17, 15) is 9.59 Å². The second kappa shape index (κ2) is 7.11. The highest BCUT2D eigenvalue weighted by Crippen LogP contribution is 2.27. The highest BCUT2D eigenvalue weighted by atomic mass is 16.5. The Morgan fingerprint density at radius 3 is 2.54 bits per heavy atom. The number of piperazine rings is 1. The number of amides is 2. The van der Waals surface area contributed by atoms with Crippen LogP contribution in [-0.4, -0.2) is 60.5 Å². The third-order valence-electron chi connectivity index (χ3n) is 4.80. The van der Waals surface area contributed by atoms with E-state index >= 15 is 0 Å². The Labute approximate surface area is 142 Å². The molecule has 2 amide bonds. The van der Waals surface area contributed by atoms with Gasteiger partial charge in [-0.15, -0.1) is 0 Å². The first-order chi connectivity index (χ1) is 11.6. The van der Waals surface area contributed by atoms with Crippen LogP contribution in [0.15, 0.2) is 24.3 Å². The van der Waals surface area contributed by atoms with Crippen LogP contribution in [0.1, 0.15) is 26.2 Å². The molecular weight excluding hydrogens is 308 g/mol. The van der Waals surface area contributed by atoms with Crippen molar-refractivity contribution in [1.29, 1.82) is 0 Å². The van der Waals surface area contributed by atoms with Crippen LogP contribution in [0.2, 0.25) is 0 Å². The van der Waals surface area contributed by atoms with Crippen molar-refractivity contribution in [2.45, 2.75) is 38.3 Å². The molecule has 0 N–H and O–H groups in total. The van der Waals surface area contributed by atoms with E-state index in [-0.39, 0.29) is 23.9 Å². The Morgan fingerprint density at radius 2 is 1.83 bits per heavy atom. The molecule has 0 bridgehead atoms. The summed E-state index contributed by atoms with van der Waals surface area (Å²) in [4.78, 5) is 28.4. The van der Waals surface area contributed by atoms with Gasteiger partial charge in [0.2, 0.25) is 11.8 Å². The summed E-state index contributed by atoms with van der Waals surface area (Å²) in [5.41, 5.74) is 0. The van der Waals surface area contributed by atoms with Crippen LogP contribution in [0.25, 0.3) is 0 Å². The fourth-order valence-electron chi connectivity index (χ4n) is 3.44. The minimum absolute atomic E-state index is 0.0770. The summed E-state index contributed by atoms with van der Waals surface area (Å²) in [6.45, 7) is 3.59. The molecule has 0 radical (unpaired) electrons. The van der Waals surface area contributed by atoms with E-state index < -0.39 is 0 Å². The highest BCUT2D eigenvalue weighted by molar-refractivity contribution is 5.97. The molecule has 6 nitrogen and oxygen atoms in total. The van der Waals surface area contributed by atoms with Gasteiger partial charge in [0.1, 0.15) is 23.6 Å². The maximum absolute atomic E-state index is 12.6. The maximum Gasteiger partial charge on any atom is 0.246 e. The standard InChI is InChI=1S/C18H24N2O4/c1-13-17(21)20-10-3-5-16(20)18(22)19(13)11-4-12-24-15-8-6-14(23-2)7-9-15/h6-9,13,16H,3-5,10-12H2,1-2H3/t13-,16-/m0/s1. The second-order valence-corrected chi connectivity index (χ2v) is 6.27. The summed E-state index contributed by atoms with van der Waals surface area (Å²) < 4.78 is 10.8. The van der Waals surface area contributed by atoms with Gasteiger partial charge >= 0.3 is 0 Å². The van der Waals surface area contributed by atoms with Crippen molar-refractivity contribution >= 4 is 11.8 Å².